The van der Waals surface area contributed by atoms with Gasteiger partial charge in [-0.25, -0.2) is 0 Å². The maximum Gasteiger partial charge on any atom is 0.225 e. The van der Waals surface area contributed by atoms with Crippen LogP contribution in [0.3, 0.4) is 0 Å². The molecule has 0 saturated carbocycles. The third-order valence-corrected chi connectivity index (χ3v) is 3.81. The van der Waals surface area contributed by atoms with Crippen LogP contribution in [0.5, 0.6) is 5.75 Å². The molecule has 0 aliphatic carbocycles. The highest BCUT2D eigenvalue weighted by molar-refractivity contribution is 6.42. The molecule has 1 atom stereocenters. The van der Waals surface area contributed by atoms with E-state index >= 15 is 0 Å². The molecule has 1 saturated heterocycles. The van der Waals surface area contributed by atoms with E-state index < -0.39 is 6.10 Å². The van der Waals surface area contributed by atoms with Crippen molar-refractivity contribution in [3.05, 3.63) is 28.2 Å². The molecule has 0 bridgehead atoms. The molecule has 1 heterocycles. The molecule has 8 heteroatoms. The summed E-state index contributed by atoms with van der Waals surface area (Å²) in [4.78, 5) is 11.6. The molecule has 1 amide bonds. The van der Waals surface area contributed by atoms with Crippen LogP contribution in [-0.2, 0) is 4.79 Å². The molecule has 0 radical (unpaired) electrons. The minimum atomic E-state index is -0.804. The summed E-state index contributed by atoms with van der Waals surface area (Å²) in [5.41, 5.74) is 0. The molecule has 5 nitrogen and oxygen atoms in total. The molecule has 1 aromatic rings. The van der Waals surface area contributed by atoms with E-state index in [9.17, 15) is 9.90 Å². The summed E-state index contributed by atoms with van der Waals surface area (Å²) in [5, 5.41) is 16.2. The molecule has 118 valence electrons. The van der Waals surface area contributed by atoms with Gasteiger partial charge in [0, 0.05) is 19.6 Å². The van der Waals surface area contributed by atoms with Gasteiger partial charge in [0.2, 0.25) is 5.91 Å². The van der Waals surface area contributed by atoms with Crippen molar-refractivity contribution in [2.45, 2.75) is 6.10 Å². The Labute approximate surface area is 139 Å². The predicted molar refractivity (Wildman–Crippen MR) is 84.6 cm³/mol. The highest BCUT2D eigenvalue weighted by Gasteiger charge is 2.24. The average Bonchev–Trinajstić information content (AvgIpc) is 2.36. The molecule has 0 spiro atoms. The summed E-state index contributed by atoms with van der Waals surface area (Å²) in [6.45, 7) is 1.56. The fraction of sp³-hybridized carbons (Fsp3) is 0.462. The first-order valence-corrected chi connectivity index (χ1v) is 7.07. The number of nitrogens with one attached hydrogen (secondary N) is 2. The number of rotatable bonds is 6. The third-order valence-electron chi connectivity index (χ3n) is 3.01. The van der Waals surface area contributed by atoms with Gasteiger partial charge in [-0.15, -0.1) is 12.4 Å². The van der Waals surface area contributed by atoms with Crippen LogP contribution >= 0.6 is 35.6 Å². The first-order valence-electron chi connectivity index (χ1n) is 6.31. The summed E-state index contributed by atoms with van der Waals surface area (Å²) >= 11 is 11.8. The van der Waals surface area contributed by atoms with Gasteiger partial charge in [0.25, 0.3) is 0 Å². The number of aliphatic hydroxyl groups is 1. The van der Waals surface area contributed by atoms with Crippen molar-refractivity contribution in [3.8, 4) is 5.75 Å². The van der Waals surface area contributed by atoms with Crippen molar-refractivity contribution in [1.82, 2.24) is 10.6 Å². The van der Waals surface area contributed by atoms with Crippen LogP contribution in [-0.4, -0.2) is 43.4 Å². The maximum absolute atomic E-state index is 11.6. The zero-order valence-corrected chi connectivity index (χ0v) is 13.5. The van der Waals surface area contributed by atoms with E-state index in [-0.39, 0.29) is 37.4 Å². The van der Waals surface area contributed by atoms with Crippen LogP contribution in [0.2, 0.25) is 10.0 Å². The topological polar surface area (TPSA) is 70.6 Å². The first kappa shape index (κ1) is 18.3. The van der Waals surface area contributed by atoms with Crippen LogP contribution in [0.4, 0.5) is 0 Å². The summed E-state index contributed by atoms with van der Waals surface area (Å²) in [6.07, 6.45) is -0.804. The van der Waals surface area contributed by atoms with Gasteiger partial charge in [-0.3, -0.25) is 4.79 Å². The highest BCUT2D eigenvalue weighted by Crippen LogP contribution is 2.31. The number of halogens is 3. The van der Waals surface area contributed by atoms with Crippen LogP contribution in [0.25, 0.3) is 0 Å². The lowest BCUT2D eigenvalue weighted by atomic mass is 10.0. The Morgan fingerprint density at radius 2 is 2.19 bits per heavy atom. The Morgan fingerprint density at radius 1 is 1.48 bits per heavy atom. The number of carbonyl (C=O) groups is 1. The lowest BCUT2D eigenvalue weighted by molar-refractivity contribution is -0.126. The van der Waals surface area contributed by atoms with Crippen LogP contribution in [0, 0.1) is 5.92 Å². The highest BCUT2D eigenvalue weighted by atomic mass is 35.5. The van der Waals surface area contributed by atoms with Gasteiger partial charge in [0.05, 0.1) is 10.9 Å². The molecule has 1 aliphatic heterocycles. The second-order valence-corrected chi connectivity index (χ2v) is 5.40. The molecular formula is C13H17Cl3N2O3. The van der Waals surface area contributed by atoms with E-state index in [1.807, 2.05) is 0 Å². The molecule has 2 rings (SSSR count). The van der Waals surface area contributed by atoms with Gasteiger partial charge in [-0.2, -0.15) is 0 Å². The summed E-state index contributed by atoms with van der Waals surface area (Å²) in [7, 11) is 0. The summed E-state index contributed by atoms with van der Waals surface area (Å²) in [6, 6.07) is 5.03. The summed E-state index contributed by atoms with van der Waals surface area (Å²) < 4.78 is 5.38. The van der Waals surface area contributed by atoms with Gasteiger partial charge < -0.3 is 20.5 Å². The number of benzene rings is 1. The van der Waals surface area contributed by atoms with Crippen molar-refractivity contribution in [2.24, 2.45) is 5.92 Å². The fourth-order valence-electron chi connectivity index (χ4n) is 1.68. The van der Waals surface area contributed by atoms with E-state index in [0.29, 0.717) is 28.9 Å². The molecule has 1 fully saturated rings. The quantitative estimate of drug-likeness (QED) is 0.723. The van der Waals surface area contributed by atoms with Gasteiger partial charge in [0.1, 0.15) is 23.5 Å². The molecule has 0 aromatic heterocycles. The van der Waals surface area contributed by atoms with E-state index in [1.165, 1.54) is 0 Å². The van der Waals surface area contributed by atoms with Crippen molar-refractivity contribution in [3.63, 3.8) is 0 Å². The molecular weight excluding hydrogens is 339 g/mol. The first-order chi connectivity index (χ1) is 9.58. The van der Waals surface area contributed by atoms with Gasteiger partial charge in [0.15, 0.2) is 0 Å². The lowest BCUT2D eigenvalue weighted by Gasteiger charge is -2.26. The average molecular weight is 356 g/mol. The second-order valence-electron chi connectivity index (χ2n) is 4.62. The van der Waals surface area contributed by atoms with Gasteiger partial charge >= 0.3 is 0 Å². The molecule has 1 unspecified atom stereocenters. The predicted octanol–water partition coefficient (Wildman–Crippen LogP) is 1.49. The summed E-state index contributed by atoms with van der Waals surface area (Å²) in [5.74, 6) is 0.363. The Kier molecular flexibility index (Phi) is 7.56. The Balaban J connectivity index is 0.00000220. The van der Waals surface area contributed by atoms with Crippen molar-refractivity contribution in [2.75, 3.05) is 26.2 Å². The normalized spacial score (nSPS) is 15.6. The number of carbonyl (C=O) groups excluding carboxylic acids is 1. The zero-order valence-electron chi connectivity index (χ0n) is 11.1. The Morgan fingerprint density at radius 3 is 2.81 bits per heavy atom. The zero-order chi connectivity index (χ0) is 14.5. The monoisotopic (exact) mass is 354 g/mol. The number of aliphatic hydroxyl groups excluding tert-OH is 1. The number of hydrogen-bond donors (Lipinski definition) is 3. The van der Waals surface area contributed by atoms with Crippen LogP contribution in [0.15, 0.2) is 18.2 Å². The SMILES string of the molecule is Cl.O=C(NCC(O)COc1cccc(Cl)c1Cl)C1CNC1. The van der Waals surface area contributed by atoms with Crippen LogP contribution in [0.1, 0.15) is 0 Å². The maximum atomic E-state index is 11.6. The second kappa shape index (κ2) is 8.66. The lowest BCUT2D eigenvalue weighted by Crippen LogP contribution is -2.52. The van der Waals surface area contributed by atoms with Crippen molar-refractivity contribution in [1.29, 1.82) is 0 Å². The van der Waals surface area contributed by atoms with E-state index in [0.717, 1.165) is 0 Å². The van der Waals surface area contributed by atoms with E-state index in [1.54, 1.807) is 18.2 Å². The standard InChI is InChI=1S/C13H16Cl2N2O3.ClH/c14-10-2-1-3-11(12(10)15)20-7-9(18)6-17-13(19)8-4-16-5-8;/h1-3,8-9,16,18H,4-7H2,(H,17,19);1H. The molecule has 1 aromatic carbocycles. The Bertz CT molecular complexity index is 484. The van der Waals surface area contributed by atoms with Crippen LogP contribution < -0.4 is 15.4 Å². The Hall–Kier alpha value is -0.720. The number of amides is 1. The van der Waals surface area contributed by atoms with Crippen molar-refractivity contribution < 1.29 is 14.6 Å². The fourth-order valence-corrected chi connectivity index (χ4v) is 2.02. The minimum Gasteiger partial charge on any atom is -0.489 e. The van der Waals surface area contributed by atoms with Gasteiger partial charge in [-0.1, -0.05) is 29.3 Å². The van der Waals surface area contributed by atoms with E-state index in [2.05, 4.69) is 10.6 Å². The number of ether oxygens (including phenoxy) is 1. The molecule has 3 N–H and O–H groups in total. The van der Waals surface area contributed by atoms with Gasteiger partial charge in [-0.05, 0) is 12.1 Å². The van der Waals surface area contributed by atoms with E-state index in [4.69, 9.17) is 27.9 Å². The van der Waals surface area contributed by atoms with Crippen molar-refractivity contribution >= 4 is 41.5 Å². The molecule has 21 heavy (non-hydrogen) atoms. The largest absolute Gasteiger partial charge is 0.489 e. The number of hydrogen-bond acceptors (Lipinski definition) is 4. The minimum absolute atomic E-state index is 0. The third kappa shape index (κ3) is 5.20. The molecule has 1 aliphatic rings. The smallest absolute Gasteiger partial charge is 0.225 e.